The number of rotatable bonds is 5. The van der Waals surface area contributed by atoms with Gasteiger partial charge in [0.2, 0.25) is 0 Å². The van der Waals surface area contributed by atoms with Gasteiger partial charge < -0.3 is 5.73 Å². The third-order valence-electron chi connectivity index (χ3n) is 4.23. The van der Waals surface area contributed by atoms with Crippen LogP contribution in [0.2, 0.25) is 0 Å². The van der Waals surface area contributed by atoms with Crippen molar-refractivity contribution in [1.29, 1.82) is 0 Å². The summed E-state index contributed by atoms with van der Waals surface area (Å²) >= 11 is 0. The second-order valence-electron chi connectivity index (χ2n) is 5.40. The molecule has 2 unspecified atom stereocenters. The Balaban J connectivity index is 2.26. The van der Waals surface area contributed by atoms with Crippen molar-refractivity contribution < 1.29 is 4.92 Å². The molecule has 5 heteroatoms. The van der Waals surface area contributed by atoms with Gasteiger partial charge >= 0.3 is 0 Å². The molecule has 2 rings (SSSR count). The molecule has 0 bridgehead atoms. The van der Waals surface area contributed by atoms with Crippen molar-refractivity contribution in [3.8, 4) is 0 Å². The molecular weight excluding hydrogens is 254 g/mol. The molecule has 2 atom stereocenters. The normalized spacial score (nSPS) is 21.6. The molecule has 1 aromatic carbocycles. The quantitative estimate of drug-likeness (QED) is 0.663. The predicted octanol–water partition coefficient (Wildman–Crippen LogP) is 2.86. The fourth-order valence-electron chi connectivity index (χ4n) is 3.18. The van der Waals surface area contributed by atoms with Crippen LogP contribution in [0.4, 0.5) is 5.69 Å². The van der Waals surface area contributed by atoms with Crippen LogP contribution in [0, 0.1) is 10.1 Å². The number of nitrogens with two attached hydrogens (primary N) is 1. The fourth-order valence-corrected chi connectivity index (χ4v) is 3.18. The van der Waals surface area contributed by atoms with Crippen LogP contribution in [-0.4, -0.2) is 29.0 Å². The molecule has 1 aliphatic heterocycles. The minimum absolute atomic E-state index is 0.0835. The summed E-state index contributed by atoms with van der Waals surface area (Å²) in [5.74, 6) is 0. The Hall–Kier alpha value is -1.46. The Morgan fingerprint density at radius 3 is 2.95 bits per heavy atom. The molecule has 1 aliphatic rings. The Morgan fingerprint density at radius 2 is 2.30 bits per heavy atom. The van der Waals surface area contributed by atoms with Crippen LogP contribution in [0.3, 0.4) is 0 Å². The maximum absolute atomic E-state index is 10.9. The zero-order chi connectivity index (χ0) is 14.5. The molecular formula is C15H23N3O2. The third-order valence-corrected chi connectivity index (χ3v) is 4.23. The third kappa shape index (κ3) is 3.16. The highest BCUT2D eigenvalue weighted by atomic mass is 16.6. The van der Waals surface area contributed by atoms with E-state index >= 15 is 0 Å². The second kappa shape index (κ2) is 6.81. The number of benzene rings is 1. The van der Waals surface area contributed by atoms with Crippen LogP contribution in [0.1, 0.15) is 44.2 Å². The maximum atomic E-state index is 10.9. The molecule has 1 aromatic rings. The summed E-state index contributed by atoms with van der Waals surface area (Å²) < 4.78 is 0. The van der Waals surface area contributed by atoms with Gasteiger partial charge in [-0.15, -0.1) is 0 Å². The fraction of sp³-hybridized carbons (Fsp3) is 0.600. The maximum Gasteiger partial charge on any atom is 0.269 e. The largest absolute Gasteiger partial charge is 0.329 e. The smallest absolute Gasteiger partial charge is 0.269 e. The lowest BCUT2D eigenvalue weighted by molar-refractivity contribution is -0.385. The van der Waals surface area contributed by atoms with E-state index in [0.29, 0.717) is 12.6 Å². The van der Waals surface area contributed by atoms with E-state index < -0.39 is 0 Å². The number of hydrogen-bond acceptors (Lipinski definition) is 4. The molecule has 20 heavy (non-hydrogen) atoms. The number of hydrogen-bond donors (Lipinski definition) is 1. The topological polar surface area (TPSA) is 72.4 Å². The van der Waals surface area contributed by atoms with E-state index in [1.807, 2.05) is 6.07 Å². The number of nitro benzene ring substituents is 1. The first-order chi connectivity index (χ1) is 9.67. The highest BCUT2D eigenvalue weighted by Gasteiger charge is 2.28. The molecule has 0 radical (unpaired) electrons. The molecule has 2 N–H and O–H groups in total. The van der Waals surface area contributed by atoms with Gasteiger partial charge in [0.25, 0.3) is 5.69 Å². The number of nitro groups is 1. The SMILES string of the molecule is CCC1CCCCN1C(CN)c1cccc([N+](=O)[O-])c1. The van der Waals surface area contributed by atoms with Gasteiger partial charge in [-0.25, -0.2) is 0 Å². The summed E-state index contributed by atoms with van der Waals surface area (Å²) in [6, 6.07) is 7.52. The second-order valence-corrected chi connectivity index (χ2v) is 5.40. The standard InChI is InChI=1S/C15H23N3O2/c1-2-13-7-3-4-9-17(13)15(11-16)12-6-5-8-14(10-12)18(19)20/h5-6,8,10,13,15H,2-4,7,9,11,16H2,1H3. The molecule has 1 saturated heterocycles. The van der Waals surface area contributed by atoms with E-state index in [1.54, 1.807) is 12.1 Å². The summed E-state index contributed by atoms with van der Waals surface area (Å²) in [5, 5.41) is 10.9. The van der Waals surface area contributed by atoms with Crippen LogP contribution in [-0.2, 0) is 0 Å². The minimum atomic E-state index is -0.343. The molecule has 0 saturated carbocycles. The van der Waals surface area contributed by atoms with Crippen molar-refractivity contribution in [3.05, 3.63) is 39.9 Å². The van der Waals surface area contributed by atoms with Crippen LogP contribution >= 0.6 is 0 Å². The van der Waals surface area contributed by atoms with Crippen molar-refractivity contribution >= 4 is 5.69 Å². The monoisotopic (exact) mass is 277 g/mol. The van der Waals surface area contributed by atoms with Crippen LogP contribution < -0.4 is 5.73 Å². The highest BCUT2D eigenvalue weighted by molar-refractivity contribution is 5.36. The number of non-ortho nitro benzene ring substituents is 1. The molecule has 1 fully saturated rings. The van der Waals surface area contributed by atoms with Crippen molar-refractivity contribution in [2.75, 3.05) is 13.1 Å². The van der Waals surface area contributed by atoms with Gasteiger partial charge in [0.1, 0.15) is 0 Å². The Morgan fingerprint density at radius 1 is 1.50 bits per heavy atom. The van der Waals surface area contributed by atoms with Gasteiger partial charge in [0, 0.05) is 30.8 Å². The predicted molar refractivity (Wildman–Crippen MR) is 79.5 cm³/mol. The number of nitrogens with zero attached hydrogens (tertiary/aromatic N) is 2. The summed E-state index contributed by atoms with van der Waals surface area (Å²) in [5.41, 5.74) is 7.07. The first kappa shape index (κ1) is 14.9. The van der Waals surface area contributed by atoms with Gasteiger partial charge in [-0.2, -0.15) is 0 Å². The van der Waals surface area contributed by atoms with E-state index in [4.69, 9.17) is 5.73 Å². The van der Waals surface area contributed by atoms with Gasteiger partial charge in [0.15, 0.2) is 0 Å². The summed E-state index contributed by atoms with van der Waals surface area (Å²) in [7, 11) is 0. The average molecular weight is 277 g/mol. The van der Waals surface area contributed by atoms with E-state index in [0.717, 1.165) is 18.5 Å². The molecule has 0 aliphatic carbocycles. The van der Waals surface area contributed by atoms with Gasteiger partial charge in [-0.3, -0.25) is 15.0 Å². The highest BCUT2D eigenvalue weighted by Crippen LogP contribution is 2.30. The van der Waals surface area contributed by atoms with E-state index in [1.165, 1.54) is 25.3 Å². The Bertz CT molecular complexity index is 464. The Labute approximate surface area is 119 Å². The zero-order valence-electron chi connectivity index (χ0n) is 12.0. The number of piperidine rings is 1. The molecule has 110 valence electrons. The van der Waals surface area contributed by atoms with E-state index in [2.05, 4.69) is 11.8 Å². The first-order valence-corrected chi connectivity index (χ1v) is 7.37. The van der Waals surface area contributed by atoms with Crippen molar-refractivity contribution in [2.45, 2.75) is 44.7 Å². The van der Waals surface area contributed by atoms with E-state index in [9.17, 15) is 10.1 Å². The van der Waals surface area contributed by atoms with Crippen molar-refractivity contribution in [1.82, 2.24) is 4.90 Å². The van der Waals surface area contributed by atoms with Crippen molar-refractivity contribution in [3.63, 3.8) is 0 Å². The Kier molecular flexibility index (Phi) is 5.09. The molecule has 0 amide bonds. The van der Waals surface area contributed by atoms with Crippen molar-refractivity contribution in [2.24, 2.45) is 5.73 Å². The van der Waals surface area contributed by atoms with Gasteiger partial charge in [-0.1, -0.05) is 25.5 Å². The number of likely N-dealkylation sites (tertiary alicyclic amines) is 1. The molecule has 1 heterocycles. The first-order valence-electron chi connectivity index (χ1n) is 7.37. The summed E-state index contributed by atoms with van der Waals surface area (Å²) in [6.45, 7) is 3.73. The molecule has 5 nitrogen and oxygen atoms in total. The minimum Gasteiger partial charge on any atom is -0.329 e. The van der Waals surface area contributed by atoms with Gasteiger partial charge in [0.05, 0.1) is 4.92 Å². The average Bonchev–Trinajstić information content (AvgIpc) is 2.49. The lowest BCUT2D eigenvalue weighted by Crippen LogP contribution is -2.44. The lowest BCUT2D eigenvalue weighted by atomic mass is 9.94. The van der Waals surface area contributed by atoms with Crippen LogP contribution in [0.5, 0.6) is 0 Å². The summed E-state index contributed by atoms with van der Waals surface area (Å²) in [6.07, 6.45) is 4.75. The van der Waals surface area contributed by atoms with Crippen LogP contribution in [0.25, 0.3) is 0 Å². The van der Waals surface area contributed by atoms with E-state index in [-0.39, 0.29) is 16.7 Å². The summed E-state index contributed by atoms with van der Waals surface area (Å²) in [4.78, 5) is 13.0. The van der Waals surface area contributed by atoms with Crippen LogP contribution in [0.15, 0.2) is 24.3 Å². The zero-order valence-corrected chi connectivity index (χ0v) is 12.0. The molecule has 0 spiro atoms. The molecule has 0 aromatic heterocycles. The van der Waals surface area contributed by atoms with Gasteiger partial charge in [-0.05, 0) is 31.4 Å². The lowest BCUT2D eigenvalue weighted by Gasteiger charge is -2.40.